The molecule has 2 heterocycles. The highest BCUT2D eigenvalue weighted by Crippen LogP contribution is 2.30. The smallest absolute Gasteiger partial charge is 0.411 e. The fraction of sp³-hybridized carbons (Fsp3) is 0.300. The molecule has 0 unspecified atom stereocenters. The minimum atomic E-state index is -0.905. The second-order valence-electron chi connectivity index (χ2n) is 9.90. The molecule has 0 aliphatic rings. The third kappa shape index (κ3) is 9.83. The van der Waals surface area contributed by atoms with E-state index >= 15 is 0 Å². The third-order valence-corrected chi connectivity index (χ3v) is 7.29. The summed E-state index contributed by atoms with van der Waals surface area (Å²) in [7, 11) is 4.36. The van der Waals surface area contributed by atoms with Crippen molar-refractivity contribution in [3.8, 4) is 16.9 Å². The molecule has 17 heteroatoms. The van der Waals surface area contributed by atoms with Crippen LogP contribution >= 0.6 is 23.2 Å². The van der Waals surface area contributed by atoms with Gasteiger partial charge in [-0.3, -0.25) is 14.9 Å². The highest BCUT2D eigenvalue weighted by molar-refractivity contribution is 6.32. The Bertz CT molecular complexity index is 1670. The summed E-state index contributed by atoms with van der Waals surface area (Å²) in [5.74, 6) is -0.526. The maximum Gasteiger partial charge on any atom is 0.411 e. The Labute approximate surface area is 280 Å². The van der Waals surface area contributed by atoms with Crippen molar-refractivity contribution in [3.05, 3.63) is 76.4 Å². The van der Waals surface area contributed by atoms with E-state index in [0.29, 0.717) is 59.5 Å². The lowest BCUT2D eigenvalue weighted by Crippen LogP contribution is -2.39. The molecular weight excluding hydrogens is 653 g/mol. The van der Waals surface area contributed by atoms with Crippen molar-refractivity contribution in [1.82, 2.24) is 40.4 Å². The quantitative estimate of drug-likeness (QED) is 0.155. The largest absolute Gasteiger partial charge is 0.453 e. The second kappa shape index (κ2) is 17.2. The number of anilines is 1. The van der Waals surface area contributed by atoms with E-state index in [4.69, 9.17) is 32.7 Å². The number of carbonyl (C=O) groups is 3. The Morgan fingerprint density at radius 3 is 2.40 bits per heavy atom. The Kier molecular flexibility index (Phi) is 12.8. The number of aromatic nitrogens is 6. The van der Waals surface area contributed by atoms with Crippen LogP contribution in [0.15, 0.2) is 54.9 Å². The molecule has 15 nitrogen and oxygen atoms in total. The van der Waals surface area contributed by atoms with E-state index in [-0.39, 0.29) is 23.3 Å². The monoisotopic (exact) mass is 685 g/mol. The Hall–Kier alpha value is -4.83. The third-order valence-electron chi connectivity index (χ3n) is 6.78. The standard InChI is InChI=1S/C30H33Cl2N9O6/c1-45-14-12-40(13-15-46-2)26(43)17-23(29-36-27(28(32)37-29)19-4-8-22(9-5-19)34-30(44)47-3)35-25(42)11-6-20-16-21(31)7-10-24(20)41-18-33-38-39-41/h4-11,16,18,23H,12-15,17H2,1-3H3,(H,34,44)(H,35,42)(H,36,37)/t23-/m0/s1. The summed E-state index contributed by atoms with van der Waals surface area (Å²) in [5.41, 5.74) is 2.69. The van der Waals surface area contributed by atoms with E-state index in [1.807, 2.05) is 0 Å². The van der Waals surface area contributed by atoms with Gasteiger partial charge in [0.1, 0.15) is 23.0 Å². The number of nitrogens with one attached hydrogen (secondary N) is 3. The van der Waals surface area contributed by atoms with E-state index in [1.54, 1.807) is 67.7 Å². The van der Waals surface area contributed by atoms with E-state index in [9.17, 15) is 14.4 Å². The lowest BCUT2D eigenvalue weighted by atomic mass is 10.1. The molecule has 0 saturated heterocycles. The van der Waals surface area contributed by atoms with Crippen molar-refractivity contribution in [2.45, 2.75) is 12.5 Å². The summed E-state index contributed by atoms with van der Waals surface area (Å²) in [4.78, 5) is 47.6. The number of aromatic amines is 1. The molecule has 0 aliphatic heterocycles. The number of amides is 3. The summed E-state index contributed by atoms with van der Waals surface area (Å²) in [6.07, 6.45) is 3.53. The van der Waals surface area contributed by atoms with Crippen molar-refractivity contribution < 1.29 is 28.6 Å². The molecule has 3 amide bonds. The van der Waals surface area contributed by atoms with E-state index in [2.05, 4.69) is 40.9 Å². The van der Waals surface area contributed by atoms with Gasteiger partial charge in [0.05, 0.1) is 38.5 Å². The molecule has 248 valence electrons. The summed E-state index contributed by atoms with van der Waals surface area (Å²) in [6, 6.07) is 10.9. The van der Waals surface area contributed by atoms with Crippen molar-refractivity contribution in [3.63, 3.8) is 0 Å². The number of imidazole rings is 1. The Morgan fingerprint density at radius 2 is 1.77 bits per heavy atom. The van der Waals surface area contributed by atoms with E-state index < -0.39 is 18.0 Å². The van der Waals surface area contributed by atoms with Crippen LogP contribution in [0.4, 0.5) is 10.5 Å². The summed E-state index contributed by atoms with van der Waals surface area (Å²) < 4.78 is 16.4. The van der Waals surface area contributed by atoms with Gasteiger partial charge in [-0.25, -0.2) is 9.78 Å². The van der Waals surface area contributed by atoms with Gasteiger partial charge in [-0.15, -0.1) is 5.10 Å². The topological polar surface area (TPSA) is 178 Å². The number of hydrogen-bond acceptors (Lipinski definition) is 10. The van der Waals surface area contributed by atoms with Gasteiger partial charge in [-0.2, -0.15) is 4.68 Å². The lowest BCUT2D eigenvalue weighted by Gasteiger charge is -2.24. The van der Waals surface area contributed by atoms with Gasteiger partial charge in [0, 0.05) is 55.2 Å². The average molecular weight is 687 g/mol. The number of ether oxygens (including phenoxy) is 3. The number of rotatable bonds is 15. The molecule has 0 saturated carbocycles. The molecule has 4 aromatic rings. The van der Waals surface area contributed by atoms with Crippen molar-refractivity contribution >= 4 is 52.9 Å². The molecule has 1 atom stereocenters. The number of hydrogen-bond donors (Lipinski definition) is 3. The van der Waals surface area contributed by atoms with Gasteiger partial charge in [0.15, 0.2) is 0 Å². The number of benzene rings is 2. The van der Waals surface area contributed by atoms with Gasteiger partial charge in [0.25, 0.3) is 0 Å². The number of tetrazole rings is 1. The number of methoxy groups -OCH3 is 3. The lowest BCUT2D eigenvalue weighted by molar-refractivity contribution is -0.133. The van der Waals surface area contributed by atoms with Crippen LogP contribution < -0.4 is 10.6 Å². The molecule has 2 aromatic heterocycles. The van der Waals surface area contributed by atoms with Crippen LogP contribution in [0.3, 0.4) is 0 Å². The summed E-state index contributed by atoms with van der Waals surface area (Å²) in [5, 5.41) is 17.3. The van der Waals surface area contributed by atoms with Crippen LogP contribution in [0.1, 0.15) is 23.9 Å². The molecule has 0 fully saturated rings. The maximum absolute atomic E-state index is 13.5. The molecule has 0 radical (unpaired) electrons. The molecule has 0 spiro atoms. The van der Waals surface area contributed by atoms with Crippen molar-refractivity contribution in [2.24, 2.45) is 0 Å². The average Bonchev–Trinajstić information content (AvgIpc) is 3.74. The molecule has 4 rings (SSSR count). The van der Waals surface area contributed by atoms with Gasteiger partial charge < -0.3 is 29.4 Å². The number of carbonyl (C=O) groups excluding carboxylic acids is 3. The first-order valence-electron chi connectivity index (χ1n) is 14.2. The van der Waals surface area contributed by atoms with Crippen LogP contribution in [-0.4, -0.2) is 101 Å². The molecule has 0 aliphatic carbocycles. The highest BCUT2D eigenvalue weighted by Gasteiger charge is 2.26. The van der Waals surface area contributed by atoms with Crippen LogP contribution in [0.5, 0.6) is 0 Å². The van der Waals surface area contributed by atoms with E-state index in [1.165, 1.54) is 24.2 Å². The first kappa shape index (κ1) is 35.0. The fourth-order valence-corrected chi connectivity index (χ4v) is 4.84. The Balaban J connectivity index is 1.61. The minimum Gasteiger partial charge on any atom is -0.453 e. The van der Waals surface area contributed by atoms with Gasteiger partial charge in [-0.1, -0.05) is 35.3 Å². The number of H-pyrrole nitrogens is 1. The zero-order valence-corrected chi connectivity index (χ0v) is 27.3. The highest BCUT2D eigenvalue weighted by atomic mass is 35.5. The molecular formula is C30H33Cl2N9O6. The number of nitrogens with zero attached hydrogens (tertiary/aromatic N) is 6. The molecule has 2 aromatic carbocycles. The van der Waals surface area contributed by atoms with Gasteiger partial charge in [-0.05, 0) is 46.8 Å². The second-order valence-corrected chi connectivity index (χ2v) is 10.7. The SMILES string of the molecule is COCCN(CCOC)C(=O)C[C@H](NC(=O)C=Cc1cc(Cl)ccc1-n1cnnn1)c1nc(-c2ccc(NC(=O)OC)cc2)c(Cl)[nH]1. The predicted octanol–water partition coefficient (Wildman–Crippen LogP) is 3.92. The first-order valence-corrected chi connectivity index (χ1v) is 15.0. The van der Waals surface area contributed by atoms with Crippen LogP contribution in [0.25, 0.3) is 23.0 Å². The van der Waals surface area contributed by atoms with Crippen molar-refractivity contribution in [1.29, 1.82) is 0 Å². The fourth-order valence-electron chi connectivity index (χ4n) is 4.41. The predicted molar refractivity (Wildman–Crippen MR) is 174 cm³/mol. The summed E-state index contributed by atoms with van der Waals surface area (Å²) in [6.45, 7) is 1.28. The zero-order chi connectivity index (χ0) is 33.8. The maximum atomic E-state index is 13.5. The van der Waals surface area contributed by atoms with Crippen LogP contribution in [0.2, 0.25) is 10.2 Å². The van der Waals surface area contributed by atoms with Gasteiger partial charge >= 0.3 is 6.09 Å². The van der Waals surface area contributed by atoms with Crippen LogP contribution in [-0.2, 0) is 23.8 Å². The van der Waals surface area contributed by atoms with Crippen molar-refractivity contribution in [2.75, 3.05) is 52.9 Å². The summed E-state index contributed by atoms with van der Waals surface area (Å²) >= 11 is 12.8. The normalized spacial score (nSPS) is 11.8. The first-order chi connectivity index (χ1) is 22.7. The van der Waals surface area contributed by atoms with E-state index in [0.717, 1.165) is 0 Å². The molecule has 47 heavy (non-hydrogen) atoms. The minimum absolute atomic E-state index is 0.148. The van der Waals surface area contributed by atoms with Gasteiger partial charge in [0.2, 0.25) is 11.8 Å². The number of halogens is 2. The Morgan fingerprint density at radius 1 is 1.04 bits per heavy atom. The molecule has 3 N–H and O–H groups in total. The zero-order valence-electron chi connectivity index (χ0n) is 25.8. The van der Waals surface area contributed by atoms with Crippen LogP contribution in [0, 0.1) is 0 Å². The molecule has 0 bridgehead atoms.